The van der Waals surface area contributed by atoms with Crippen molar-refractivity contribution >= 4 is 11.8 Å². The highest BCUT2D eigenvalue weighted by molar-refractivity contribution is 7.99. The third kappa shape index (κ3) is 3.74. The summed E-state index contributed by atoms with van der Waals surface area (Å²) in [5.74, 6) is 0. The summed E-state index contributed by atoms with van der Waals surface area (Å²) < 4.78 is 0. The Morgan fingerprint density at radius 1 is 1.38 bits per heavy atom. The number of hydrogen-bond acceptors (Lipinski definition) is 2. The first-order valence-corrected chi connectivity index (χ1v) is 6.54. The maximum absolute atomic E-state index is 3.62. The Hall–Kier alpha value is 0.0500. The number of allylic oxidation sites excluding steroid dienone is 1. The van der Waals surface area contributed by atoms with Crippen LogP contribution in [0.25, 0.3) is 0 Å². The Balaban J connectivity index is 2.27. The number of hydrogen-bond donors (Lipinski definition) is 1. The van der Waals surface area contributed by atoms with Crippen LogP contribution in [0.15, 0.2) is 12.2 Å². The summed E-state index contributed by atoms with van der Waals surface area (Å²) in [4.78, 5) is 0. The lowest BCUT2D eigenvalue weighted by Crippen LogP contribution is -2.40. The van der Waals surface area contributed by atoms with Crippen molar-refractivity contribution in [2.24, 2.45) is 0 Å². The van der Waals surface area contributed by atoms with Crippen LogP contribution in [0.4, 0.5) is 0 Å². The van der Waals surface area contributed by atoms with Gasteiger partial charge in [-0.05, 0) is 26.0 Å². The van der Waals surface area contributed by atoms with Gasteiger partial charge in [-0.15, -0.1) is 0 Å². The molecule has 0 bridgehead atoms. The molecule has 1 nitrogen and oxygen atoms in total. The molecule has 1 fully saturated rings. The van der Waals surface area contributed by atoms with Crippen LogP contribution in [0.1, 0.15) is 32.6 Å². The number of rotatable bonds is 4. The van der Waals surface area contributed by atoms with E-state index in [2.05, 4.69) is 30.6 Å². The van der Waals surface area contributed by atoms with Crippen molar-refractivity contribution < 1.29 is 0 Å². The normalized spacial score (nSPS) is 29.7. The van der Waals surface area contributed by atoms with Crippen LogP contribution in [0, 0.1) is 0 Å². The Bertz CT molecular complexity index is 156. The van der Waals surface area contributed by atoms with Crippen molar-refractivity contribution in [1.82, 2.24) is 5.32 Å². The number of nitrogens with one attached hydrogen (secondary N) is 1. The van der Waals surface area contributed by atoms with Crippen LogP contribution in [-0.4, -0.2) is 24.1 Å². The maximum Gasteiger partial charge on any atom is 0.0198 e. The van der Waals surface area contributed by atoms with Gasteiger partial charge in [-0.2, -0.15) is 11.8 Å². The van der Waals surface area contributed by atoms with Crippen molar-refractivity contribution in [3.05, 3.63) is 12.2 Å². The first-order valence-electron chi connectivity index (χ1n) is 5.25. The molecule has 0 heterocycles. The van der Waals surface area contributed by atoms with Gasteiger partial charge < -0.3 is 5.32 Å². The van der Waals surface area contributed by atoms with E-state index in [1.807, 2.05) is 11.8 Å². The van der Waals surface area contributed by atoms with Crippen LogP contribution < -0.4 is 5.32 Å². The average molecular weight is 199 g/mol. The average Bonchev–Trinajstić information content (AvgIpc) is 2.19. The quantitative estimate of drug-likeness (QED) is 0.699. The fourth-order valence-corrected chi connectivity index (χ4v) is 2.91. The van der Waals surface area contributed by atoms with E-state index >= 15 is 0 Å². The Kier molecular flexibility index (Phi) is 5.56. The van der Waals surface area contributed by atoms with Crippen molar-refractivity contribution in [3.63, 3.8) is 0 Å². The lowest BCUT2D eigenvalue weighted by Gasteiger charge is -2.30. The second-order valence-corrected chi connectivity index (χ2v) is 4.72. The molecule has 13 heavy (non-hydrogen) atoms. The molecule has 1 aliphatic carbocycles. The molecule has 0 aromatic rings. The molecule has 0 aliphatic heterocycles. The van der Waals surface area contributed by atoms with E-state index in [4.69, 9.17) is 0 Å². The minimum Gasteiger partial charge on any atom is -0.309 e. The summed E-state index contributed by atoms with van der Waals surface area (Å²) in [6.45, 7) is 3.12. The van der Waals surface area contributed by atoms with Gasteiger partial charge in [-0.1, -0.05) is 25.0 Å². The molecule has 2 unspecified atom stereocenters. The minimum atomic E-state index is 0.750. The molecule has 0 saturated heterocycles. The molecule has 2 atom stereocenters. The van der Waals surface area contributed by atoms with E-state index in [-0.39, 0.29) is 0 Å². The van der Waals surface area contributed by atoms with Gasteiger partial charge in [0.05, 0.1) is 0 Å². The predicted molar refractivity (Wildman–Crippen MR) is 62.4 cm³/mol. The standard InChI is InChI=1S/C11H21NS/c1-3-4-9-12-10-7-5-6-8-11(10)13-2/h3-4,10-12H,5-9H2,1-2H3/b4-3+. The van der Waals surface area contributed by atoms with Crippen LogP contribution >= 0.6 is 11.8 Å². The van der Waals surface area contributed by atoms with Gasteiger partial charge in [-0.25, -0.2) is 0 Å². The zero-order valence-corrected chi connectivity index (χ0v) is 9.57. The zero-order chi connectivity index (χ0) is 9.52. The van der Waals surface area contributed by atoms with E-state index in [0.717, 1.165) is 17.8 Å². The first-order chi connectivity index (χ1) is 6.38. The lowest BCUT2D eigenvalue weighted by molar-refractivity contribution is 0.396. The molecular formula is C11H21NS. The molecule has 1 aliphatic rings. The van der Waals surface area contributed by atoms with E-state index in [1.54, 1.807) is 0 Å². The zero-order valence-electron chi connectivity index (χ0n) is 8.75. The summed E-state index contributed by atoms with van der Waals surface area (Å²) in [7, 11) is 0. The molecule has 0 amide bonds. The summed E-state index contributed by atoms with van der Waals surface area (Å²) in [6, 6.07) is 0.750. The van der Waals surface area contributed by atoms with Gasteiger partial charge in [0.25, 0.3) is 0 Å². The van der Waals surface area contributed by atoms with Gasteiger partial charge in [0.1, 0.15) is 0 Å². The van der Waals surface area contributed by atoms with Crippen molar-refractivity contribution in [3.8, 4) is 0 Å². The largest absolute Gasteiger partial charge is 0.309 e. The highest BCUT2D eigenvalue weighted by atomic mass is 32.2. The van der Waals surface area contributed by atoms with E-state index in [9.17, 15) is 0 Å². The van der Waals surface area contributed by atoms with Gasteiger partial charge in [-0.3, -0.25) is 0 Å². The Morgan fingerprint density at radius 2 is 2.15 bits per heavy atom. The fourth-order valence-electron chi connectivity index (χ4n) is 1.95. The third-order valence-electron chi connectivity index (χ3n) is 2.74. The Morgan fingerprint density at radius 3 is 2.85 bits per heavy atom. The Labute approximate surface area is 86.4 Å². The van der Waals surface area contributed by atoms with E-state index in [1.165, 1.54) is 25.7 Å². The molecule has 1 N–H and O–H groups in total. The van der Waals surface area contributed by atoms with Crippen molar-refractivity contribution in [2.45, 2.75) is 43.9 Å². The van der Waals surface area contributed by atoms with Gasteiger partial charge in [0, 0.05) is 17.8 Å². The summed E-state index contributed by atoms with van der Waals surface area (Å²) >= 11 is 2.03. The van der Waals surface area contributed by atoms with Gasteiger partial charge >= 0.3 is 0 Å². The first kappa shape index (κ1) is 11.1. The summed E-state index contributed by atoms with van der Waals surface area (Å²) in [5.41, 5.74) is 0. The molecule has 0 aromatic carbocycles. The topological polar surface area (TPSA) is 12.0 Å². The smallest absolute Gasteiger partial charge is 0.0198 e. The lowest BCUT2D eigenvalue weighted by atomic mass is 9.95. The second kappa shape index (κ2) is 6.50. The number of thioether (sulfide) groups is 1. The molecule has 2 heteroatoms. The highest BCUT2D eigenvalue weighted by Crippen LogP contribution is 2.26. The van der Waals surface area contributed by atoms with Gasteiger partial charge in [0.2, 0.25) is 0 Å². The van der Waals surface area contributed by atoms with Crippen LogP contribution in [0.2, 0.25) is 0 Å². The second-order valence-electron chi connectivity index (χ2n) is 3.64. The monoisotopic (exact) mass is 199 g/mol. The van der Waals surface area contributed by atoms with Gasteiger partial charge in [0.15, 0.2) is 0 Å². The van der Waals surface area contributed by atoms with E-state index < -0.39 is 0 Å². The molecule has 1 rings (SSSR count). The van der Waals surface area contributed by atoms with Crippen LogP contribution in [0.5, 0.6) is 0 Å². The highest BCUT2D eigenvalue weighted by Gasteiger charge is 2.22. The van der Waals surface area contributed by atoms with Crippen molar-refractivity contribution in [1.29, 1.82) is 0 Å². The molecule has 0 spiro atoms. The SMILES string of the molecule is C/C=C/CNC1CCCCC1SC. The third-order valence-corrected chi connectivity index (χ3v) is 3.91. The van der Waals surface area contributed by atoms with Crippen LogP contribution in [-0.2, 0) is 0 Å². The molecule has 1 saturated carbocycles. The van der Waals surface area contributed by atoms with E-state index in [0.29, 0.717) is 0 Å². The summed E-state index contributed by atoms with van der Waals surface area (Å²) in [6.07, 6.45) is 12.1. The summed E-state index contributed by atoms with van der Waals surface area (Å²) in [5, 5.41) is 4.46. The molecule has 0 radical (unpaired) electrons. The predicted octanol–water partition coefficient (Wildman–Crippen LogP) is 2.83. The molecule has 76 valence electrons. The molecule has 0 aromatic heterocycles. The van der Waals surface area contributed by atoms with Crippen molar-refractivity contribution in [2.75, 3.05) is 12.8 Å². The maximum atomic E-state index is 3.62. The fraction of sp³-hybridized carbons (Fsp3) is 0.818. The minimum absolute atomic E-state index is 0.750. The van der Waals surface area contributed by atoms with Crippen LogP contribution in [0.3, 0.4) is 0 Å². The molecular weight excluding hydrogens is 178 g/mol.